The SMILES string of the molecule is CC(C)CCCCNC1CCSc2c(F)cccc21. The molecular weight excluding hydrogens is 257 g/mol. The van der Waals surface area contributed by atoms with E-state index in [1.165, 1.54) is 19.3 Å². The second-order valence-electron chi connectivity index (χ2n) is 5.69. The minimum Gasteiger partial charge on any atom is -0.310 e. The average molecular weight is 281 g/mol. The Morgan fingerprint density at radius 3 is 3.00 bits per heavy atom. The summed E-state index contributed by atoms with van der Waals surface area (Å²) >= 11 is 1.65. The first-order chi connectivity index (χ1) is 9.18. The smallest absolute Gasteiger partial charge is 0.137 e. The van der Waals surface area contributed by atoms with Crippen LogP contribution in [0.2, 0.25) is 0 Å². The van der Waals surface area contributed by atoms with E-state index in [-0.39, 0.29) is 5.82 Å². The highest BCUT2D eigenvalue weighted by Crippen LogP contribution is 2.37. The summed E-state index contributed by atoms with van der Waals surface area (Å²) in [5.41, 5.74) is 1.15. The van der Waals surface area contributed by atoms with Crippen molar-refractivity contribution in [2.75, 3.05) is 12.3 Å². The van der Waals surface area contributed by atoms with Gasteiger partial charge in [-0.2, -0.15) is 0 Å². The van der Waals surface area contributed by atoms with E-state index < -0.39 is 0 Å². The third kappa shape index (κ3) is 4.22. The van der Waals surface area contributed by atoms with E-state index >= 15 is 0 Å². The van der Waals surface area contributed by atoms with Gasteiger partial charge < -0.3 is 5.32 Å². The number of rotatable bonds is 6. The van der Waals surface area contributed by atoms with Crippen molar-refractivity contribution in [2.45, 2.75) is 50.5 Å². The molecule has 0 spiro atoms. The Morgan fingerprint density at radius 2 is 2.21 bits per heavy atom. The normalized spacial score (nSPS) is 18.6. The summed E-state index contributed by atoms with van der Waals surface area (Å²) in [7, 11) is 0. The molecule has 1 aliphatic rings. The van der Waals surface area contributed by atoms with Crippen LogP contribution in [0.15, 0.2) is 23.1 Å². The van der Waals surface area contributed by atoms with E-state index in [4.69, 9.17) is 0 Å². The lowest BCUT2D eigenvalue weighted by molar-refractivity contribution is 0.466. The van der Waals surface area contributed by atoms with Crippen molar-refractivity contribution in [3.8, 4) is 0 Å². The van der Waals surface area contributed by atoms with Gasteiger partial charge in [-0.05, 0) is 42.7 Å². The van der Waals surface area contributed by atoms with Gasteiger partial charge in [-0.25, -0.2) is 4.39 Å². The number of fused-ring (bicyclic) bond motifs is 1. The fourth-order valence-corrected chi connectivity index (χ4v) is 3.69. The monoisotopic (exact) mass is 281 g/mol. The Labute approximate surface area is 120 Å². The molecule has 0 aromatic heterocycles. The summed E-state index contributed by atoms with van der Waals surface area (Å²) in [5.74, 6) is 1.74. The summed E-state index contributed by atoms with van der Waals surface area (Å²) in [6, 6.07) is 5.80. The van der Waals surface area contributed by atoms with Gasteiger partial charge in [0.2, 0.25) is 0 Å². The second kappa shape index (κ2) is 7.30. The summed E-state index contributed by atoms with van der Waals surface area (Å²) in [6.45, 7) is 5.58. The number of thioether (sulfide) groups is 1. The number of hydrogen-bond acceptors (Lipinski definition) is 2. The molecule has 1 aromatic carbocycles. The summed E-state index contributed by atoms with van der Waals surface area (Å²) in [5, 5.41) is 3.60. The topological polar surface area (TPSA) is 12.0 Å². The summed E-state index contributed by atoms with van der Waals surface area (Å²) in [6.07, 6.45) is 4.90. The van der Waals surface area contributed by atoms with E-state index in [2.05, 4.69) is 25.2 Å². The molecule has 0 saturated carbocycles. The minimum atomic E-state index is -0.0613. The van der Waals surface area contributed by atoms with Crippen LogP contribution in [0.1, 0.15) is 51.1 Å². The van der Waals surface area contributed by atoms with E-state index in [1.807, 2.05) is 6.07 Å². The molecule has 2 rings (SSSR count). The average Bonchev–Trinajstić information content (AvgIpc) is 2.39. The van der Waals surface area contributed by atoms with E-state index in [0.29, 0.717) is 6.04 Å². The largest absolute Gasteiger partial charge is 0.310 e. The van der Waals surface area contributed by atoms with Gasteiger partial charge >= 0.3 is 0 Å². The highest BCUT2D eigenvalue weighted by atomic mass is 32.2. The first-order valence-electron chi connectivity index (χ1n) is 7.33. The third-order valence-electron chi connectivity index (χ3n) is 3.62. The van der Waals surface area contributed by atoms with Crippen molar-refractivity contribution in [1.82, 2.24) is 5.32 Å². The Morgan fingerprint density at radius 1 is 1.37 bits per heavy atom. The van der Waals surface area contributed by atoms with Crippen molar-refractivity contribution >= 4 is 11.8 Å². The van der Waals surface area contributed by atoms with Gasteiger partial charge in [0.25, 0.3) is 0 Å². The van der Waals surface area contributed by atoms with E-state index in [0.717, 1.165) is 35.1 Å². The standard InChI is InChI=1S/C16H24FNS/c1-12(2)6-3-4-10-18-15-9-11-19-16-13(15)7-5-8-14(16)17/h5,7-8,12,15,18H,3-4,6,9-11H2,1-2H3. The molecular formula is C16H24FNS. The molecule has 0 bridgehead atoms. The van der Waals surface area contributed by atoms with Crippen LogP contribution in [0.25, 0.3) is 0 Å². The predicted molar refractivity (Wildman–Crippen MR) is 81.2 cm³/mol. The Bertz CT molecular complexity index is 406. The second-order valence-corrected chi connectivity index (χ2v) is 6.80. The highest BCUT2D eigenvalue weighted by Gasteiger charge is 2.22. The van der Waals surface area contributed by atoms with Crippen molar-refractivity contribution < 1.29 is 4.39 Å². The summed E-state index contributed by atoms with van der Waals surface area (Å²) in [4.78, 5) is 0.855. The molecule has 1 aromatic rings. The minimum absolute atomic E-state index is 0.0613. The zero-order chi connectivity index (χ0) is 13.7. The Kier molecular flexibility index (Phi) is 5.71. The lowest BCUT2D eigenvalue weighted by Gasteiger charge is -2.26. The molecule has 0 fully saturated rings. The van der Waals surface area contributed by atoms with Gasteiger partial charge in [-0.3, -0.25) is 0 Å². The highest BCUT2D eigenvalue weighted by molar-refractivity contribution is 7.99. The number of benzene rings is 1. The van der Waals surface area contributed by atoms with E-state index in [9.17, 15) is 4.39 Å². The van der Waals surface area contributed by atoms with Crippen LogP contribution in [0, 0.1) is 11.7 Å². The van der Waals surface area contributed by atoms with Crippen molar-refractivity contribution in [1.29, 1.82) is 0 Å². The van der Waals surface area contributed by atoms with Crippen LogP contribution in [0.5, 0.6) is 0 Å². The number of halogens is 1. The third-order valence-corrected chi connectivity index (χ3v) is 4.78. The molecule has 1 unspecified atom stereocenters. The molecule has 0 amide bonds. The predicted octanol–water partition coefficient (Wildman–Crippen LogP) is 4.78. The number of unbranched alkanes of at least 4 members (excludes halogenated alkanes) is 1. The molecule has 1 N–H and O–H groups in total. The molecule has 1 heterocycles. The van der Waals surface area contributed by atoms with Crippen LogP contribution >= 0.6 is 11.8 Å². The Balaban J connectivity index is 1.84. The first-order valence-corrected chi connectivity index (χ1v) is 8.31. The van der Waals surface area contributed by atoms with Gasteiger partial charge in [0.1, 0.15) is 5.82 Å². The zero-order valence-electron chi connectivity index (χ0n) is 11.9. The molecule has 0 aliphatic carbocycles. The summed E-state index contributed by atoms with van der Waals surface area (Å²) < 4.78 is 13.7. The number of hydrogen-bond donors (Lipinski definition) is 1. The van der Waals surface area contributed by atoms with Crippen LogP contribution in [-0.4, -0.2) is 12.3 Å². The van der Waals surface area contributed by atoms with Crippen LogP contribution in [-0.2, 0) is 0 Å². The maximum atomic E-state index is 13.7. The molecule has 1 atom stereocenters. The molecule has 106 valence electrons. The molecule has 3 heteroatoms. The van der Waals surface area contributed by atoms with Gasteiger partial charge in [-0.15, -0.1) is 11.8 Å². The lowest BCUT2D eigenvalue weighted by Crippen LogP contribution is -2.26. The maximum Gasteiger partial charge on any atom is 0.137 e. The molecule has 1 aliphatic heterocycles. The molecule has 0 radical (unpaired) electrons. The molecule has 1 nitrogen and oxygen atoms in total. The van der Waals surface area contributed by atoms with Gasteiger partial charge in [0.05, 0.1) is 0 Å². The van der Waals surface area contributed by atoms with Gasteiger partial charge in [0.15, 0.2) is 0 Å². The van der Waals surface area contributed by atoms with Gasteiger partial charge in [-0.1, -0.05) is 38.8 Å². The quantitative estimate of drug-likeness (QED) is 0.753. The lowest BCUT2D eigenvalue weighted by atomic mass is 10.0. The van der Waals surface area contributed by atoms with Crippen molar-refractivity contribution in [3.63, 3.8) is 0 Å². The van der Waals surface area contributed by atoms with E-state index in [1.54, 1.807) is 17.8 Å². The molecule has 19 heavy (non-hydrogen) atoms. The van der Waals surface area contributed by atoms with Crippen molar-refractivity contribution in [2.24, 2.45) is 5.92 Å². The maximum absolute atomic E-state index is 13.7. The Hall–Kier alpha value is -0.540. The fourth-order valence-electron chi connectivity index (χ4n) is 2.55. The fraction of sp³-hybridized carbons (Fsp3) is 0.625. The van der Waals surface area contributed by atoms with Crippen LogP contribution < -0.4 is 5.32 Å². The first kappa shape index (κ1) is 14.9. The number of nitrogens with one attached hydrogen (secondary N) is 1. The van der Waals surface area contributed by atoms with Gasteiger partial charge in [0, 0.05) is 10.9 Å². The van der Waals surface area contributed by atoms with Crippen LogP contribution in [0.3, 0.4) is 0 Å². The van der Waals surface area contributed by atoms with Crippen molar-refractivity contribution in [3.05, 3.63) is 29.6 Å². The molecule has 0 saturated heterocycles. The zero-order valence-corrected chi connectivity index (χ0v) is 12.7. The van der Waals surface area contributed by atoms with Crippen LogP contribution in [0.4, 0.5) is 4.39 Å².